The van der Waals surface area contributed by atoms with E-state index in [-0.39, 0.29) is 24.0 Å². The van der Waals surface area contributed by atoms with Crippen LogP contribution in [0.25, 0.3) is 5.57 Å². The summed E-state index contributed by atoms with van der Waals surface area (Å²) in [7, 11) is 1.77. The average Bonchev–Trinajstić information content (AvgIpc) is 3.29. The zero-order valence-corrected chi connectivity index (χ0v) is 24.9. The highest BCUT2D eigenvalue weighted by Crippen LogP contribution is 2.41. The van der Waals surface area contributed by atoms with Crippen molar-refractivity contribution >= 4 is 31.1 Å². The summed E-state index contributed by atoms with van der Waals surface area (Å²) in [4.78, 5) is 31.0. The lowest BCUT2D eigenvalue weighted by Crippen LogP contribution is -2.45. The van der Waals surface area contributed by atoms with Crippen molar-refractivity contribution in [3.8, 4) is 11.5 Å². The molecule has 4 rings (SSSR count). The van der Waals surface area contributed by atoms with Gasteiger partial charge < -0.3 is 19.1 Å². The predicted molar refractivity (Wildman–Crippen MR) is 154 cm³/mol. The molecule has 2 amide bonds. The van der Waals surface area contributed by atoms with Gasteiger partial charge in [0.1, 0.15) is 12.8 Å². The van der Waals surface area contributed by atoms with Crippen LogP contribution in [0.2, 0.25) is 25.7 Å². The summed E-state index contributed by atoms with van der Waals surface area (Å²) in [6.07, 6.45) is 2.26. The van der Waals surface area contributed by atoms with E-state index in [2.05, 4.69) is 64.7 Å². The molecule has 0 bridgehead atoms. The second-order valence-electron chi connectivity index (χ2n) is 12.3. The molecule has 0 saturated carbocycles. The number of fused-ring (bicyclic) bond motifs is 2. The third-order valence-electron chi connectivity index (χ3n) is 7.19. The molecule has 0 unspecified atom stereocenters. The van der Waals surface area contributed by atoms with Crippen LogP contribution in [0.1, 0.15) is 48.7 Å². The van der Waals surface area contributed by atoms with Gasteiger partial charge in [-0.2, -0.15) is 0 Å². The Bertz CT molecular complexity index is 1240. The van der Waals surface area contributed by atoms with E-state index >= 15 is 0 Å². The Balaban J connectivity index is 1.71. The lowest BCUT2D eigenvalue weighted by atomic mass is 9.86. The van der Waals surface area contributed by atoms with E-state index < -0.39 is 14.1 Å². The van der Waals surface area contributed by atoms with Crippen molar-refractivity contribution in [3.63, 3.8) is 0 Å². The van der Waals surface area contributed by atoms with Gasteiger partial charge in [-0.15, -0.1) is 0 Å². The molecule has 7 nitrogen and oxygen atoms in total. The van der Waals surface area contributed by atoms with Crippen LogP contribution in [0.15, 0.2) is 42.6 Å². The van der Waals surface area contributed by atoms with Crippen molar-refractivity contribution in [1.82, 2.24) is 4.90 Å². The molecule has 0 aliphatic carbocycles. The smallest absolute Gasteiger partial charge is 0.260 e. The third-order valence-corrected chi connectivity index (χ3v) is 8.90. The van der Waals surface area contributed by atoms with Gasteiger partial charge in [0.2, 0.25) is 0 Å². The molecule has 0 saturated heterocycles. The zero-order valence-electron chi connectivity index (χ0n) is 23.9. The predicted octanol–water partition coefficient (Wildman–Crippen LogP) is 5.92. The van der Waals surface area contributed by atoms with E-state index in [1.54, 1.807) is 21.9 Å². The molecule has 2 aliphatic rings. The van der Waals surface area contributed by atoms with Crippen LogP contribution in [0.4, 0.5) is 5.69 Å². The van der Waals surface area contributed by atoms with Crippen LogP contribution in [-0.2, 0) is 14.9 Å². The fourth-order valence-corrected chi connectivity index (χ4v) is 5.52. The van der Waals surface area contributed by atoms with Gasteiger partial charge in [0, 0.05) is 33.4 Å². The zero-order chi connectivity index (χ0) is 27.8. The van der Waals surface area contributed by atoms with Gasteiger partial charge in [-0.25, -0.2) is 0 Å². The van der Waals surface area contributed by atoms with Crippen molar-refractivity contribution in [2.75, 3.05) is 32.5 Å². The largest absolute Gasteiger partial charge is 0.493 e. The maximum atomic E-state index is 14.0. The Hall–Kier alpha value is -3.10. The summed E-state index contributed by atoms with van der Waals surface area (Å²) in [5.74, 6) is 0.475. The van der Waals surface area contributed by atoms with Crippen LogP contribution in [0, 0.1) is 0 Å². The molecule has 204 valence electrons. The van der Waals surface area contributed by atoms with Crippen molar-refractivity contribution in [1.29, 1.82) is 0 Å². The fourth-order valence-electron chi connectivity index (χ4n) is 4.77. The summed E-state index contributed by atoms with van der Waals surface area (Å²) >= 11 is 0. The second kappa shape index (κ2) is 10.6. The molecule has 2 heterocycles. The first-order valence-electron chi connectivity index (χ1n) is 13.1. The molecule has 0 fully saturated rings. The first-order valence-corrected chi connectivity index (χ1v) is 16.8. The molecule has 0 N–H and O–H groups in total. The van der Waals surface area contributed by atoms with E-state index in [9.17, 15) is 9.59 Å². The fraction of sp³-hybridized carbons (Fsp3) is 0.467. The van der Waals surface area contributed by atoms with Crippen LogP contribution in [0.5, 0.6) is 11.5 Å². The number of carbonyl (C=O) groups excluding carboxylic acids is 2. The van der Waals surface area contributed by atoms with Gasteiger partial charge in [-0.3, -0.25) is 14.5 Å². The number of hydrogen-bond acceptors (Lipinski definition) is 5. The van der Waals surface area contributed by atoms with E-state index in [0.29, 0.717) is 35.8 Å². The number of methoxy groups -OCH3 is 2. The van der Waals surface area contributed by atoms with E-state index in [1.165, 1.54) is 19.8 Å². The van der Waals surface area contributed by atoms with E-state index in [4.69, 9.17) is 14.2 Å². The van der Waals surface area contributed by atoms with Crippen LogP contribution < -0.4 is 14.4 Å². The van der Waals surface area contributed by atoms with Crippen molar-refractivity contribution < 1.29 is 23.8 Å². The number of hydrogen-bond donors (Lipinski definition) is 0. The molecule has 0 radical (unpaired) electrons. The first-order chi connectivity index (χ1) is 17.8. The Morgan fingerprint density at radius 1 is 0.974 bits per heavy atom. The van der Waals surface area contributed by atoms with Crippen LogP contribution in [-0.4, -0.2) is 58.4 Å². The normalized spacial score (nSPS) is 17.7. The maximum absolute atomic E-state index is 14.0. The Kier molecular flexibility index (Phi) is 7.77. The Morgan fingerprint density at radius 3 is 2.18 bits per heavy atom. The topological polar surface area (TPSA) is 68.3 Å². The number of carbonyl (C=O) groups is 2. The Labute approximate surface area is 227 Å². The minimum atomic E-state index is -1.30. The Morgan fingerprint density at radius 2 is 1.61 bits per heavy atom. The van der Waals surface area contributed by atoms with Crippen LogP contribution in [0.3, 0.4) is 0 Å². The second-order valence-corrected chi connectivity index (χ2v) is 17.9. The molecule has 38 heavy (non-hydrogen) atoms. The molecular formula is C30H40N2O5Si. The van der Waals surface area contributed by atoms with Gasteiger partial charge >= 0.3 is 0 Å². The summed E-state index contributed by atoms with van der Waals surface area (Å²) < 4.78 is 17.0. The summed E-state index contributed by atoms with van der Waals surface area (Å²) in [6.45, 7) is 14.0. The molecule has 0 aromatic heterocycles. The molecule has 2 aliphatic heterocycles. The lowest BCUT2D eigenvalue weighted by Gasteiger charge is -2.26. The van der Waals surface area contributed by atoms with Crippen molar-refractivity contribution in [2.24, 2.45) is 0 Å². The van der Waals surface area contributed by atoms with Gasteiger partial charge in [0.25, 0.3) is 11.8 Å². The standard InChI is InChI=1S/C30H40N2O5Si/c1-30(2,3)22-11-9-20(10-12-22)21-15-25-29(34)32(19-37-13-14-38(6,7)8)24-17-27(36-5)26(35-4)16-23(24)28(33)31(25)18-21/h9-12,16-18,25H,13-15,19H2,1-8H3/t25-/m0/s1. The average molecular weight is 537 g/mol. The summed E-state index contributed by atoms with van der Waals surface area (Å²) in [5, 5.41) is 0. The van der Waals surface area contributed by atoms with Crippen molar-refractivity contribution in [2.45, 2.75) is 64.3 Å². The monoisotopic (exact) mass is 536 g/mol. The molecule has 1 atom stereocenters. The number of rotatable bonds is 8. The molecule has 2 aromatic carbocycles. The highest BCUT2D eigenvalue weighted by molar-refractivity contribution is 6.76. The molecule has 8 heteroatoms. The van der Waals surface area contributed by atoms with Gasteiger partial charge in [0.05, 0.1) is 25.5 Å². The SMILES string of the molecule is COc1cc2c(cc1OC)N(COCC[Si](C)(C)C)C(=O)[C@@H]1CC(c3ccc(C(C)(C)C)cc3)=CN1C2=O. The van der Waals surface area contributed by atoms with Crippen LogP contribution >= 0.6 is 0 Å². The number of anilines is 1. The summed E-state index contributed by atoms with van der Waals surface area (Å²) in [6, 6.07) is 12.1. The number of nitrogens with zero attached hydrogens (tertiary/aromatic N) is 2. The lowest BCUT2D eigenvalue weighted by molar-refractivity contribution is -0.122. The number of ether oxygens (including phenoxy) is 3. The van der Waals surface area contributed by atoms with Gasteiger partial charge in [-0.1, -0.05) is 64.7 Å². The minimum Gasteiger partial charge on any atom is -0.493 e. The number of benzene rings is 2. The molecule has 2 aromatic rings. The van der Waals surface area contributed by atoms with E-state index in [1.807, 2.05) is 6.20 Å². The minimum absolute atomic E-state index is 0.0454. The maximum Gasteiger partial charge on any atom is 0.260 e. The first kappa shape index (κ1) is 27.9. The highest BCUT2D eigenvalue weighted by Gasteiger charge is 2.43. The van der Waals surface area contributed by atoms with Crippen molar-refractivity contribution in [3.05, 3.63) is 59.3 Å². The van der Waals surface area contributed by atoms with E-state index in [0.717, 1.165) is 17.2 Å². The van der Waals surface area contributed by atoms with Gasteiger partial charge in [-0.05, 0) is 34.2 Å². The van der Waals surface area contributed by atoms with Gasteiger partial charge in [0.15, 0.2) is 11.5 Å². The molecule has 0 spiro atoms. The quantitative estimate of drug-likeness (QED) is 0.310. The summed E-state index contributed by atoms with van der Waals surface area (Å²) in [5.41, 5.74) is 4.11. The third kappa shape index (κ3) is 5.66. The highest BCUT2D eigenvalue weighted by atomic mass is 28.3. The number of amides is 2. The molecular weight excluding hydrogens is 496 g/mol.